The van der Waals surface area contributed by atoms with Crippen molar-refractivity contribution in [3.63, 3.8) is 0 Å². The lowest BCUT2D eigenvalue weighted by Crippen LogP contribution is -2.33. The van der Waals surface area contributed by atoms with Gasteiger partial charge in [-0.3, -0.25) is 9.79 Å². The minimum atomic E-state index is -0.323. The first-order valence-electron chi connectivity index (χ1n) is 2.28. The van der Waals surface area contributed by atoms with Crippen LogP contribution in [0.5, 0.6) is 0 Å². The number of hydrogen-bond acceptors (Lipinski definition) is 3. The van der Waals surface area contributed by atoms with Gasteiger partial charge in [0, 0.05) is 6.21 Å². The molecule has 0 saturated heterocycles. The van der Waals surface area contributed by atoms with Gasteiger partial charge in [-0.2, -0.15) is 0 Å². The van der Waals surface area contributed by atoms with Crippen LogP contribution in [0, 0.1) is 0 Å². The predicted molar refractivity (Wildman–Crippen MR) is 34.0 cm³/mol. The molecule has 1 aliphatic heterocycles. The Balaban J connectivity index is 2.54. The molecule has 0 radical (unpaired) electrons. The number of hydrogen-bond donors (Lipinski definition) is 2. The van der Waals surface area contributed by atoms with Crippen LogP contribution < -0.4 is 5.32 Å². The molecule has 1 rings (SSSR count). The summed E-state index contributed by atoms with van der Waals surface area (Å²) in [6.45, 7) is 0. The first kappa shape index (κ1) is 5.62. The molecule has 1 atom stereocenters. The summed E-state index contributed by atoms with van der Waals surface area (Å²) in [5.41, 5.74) is -0.323. The van der Waals surface area contributed by atoms with Gasteiger partial charge in [0.2, 0.25) is 5.91 Å². The van der Waals surface area contributed by atoms with E-state index in [9.17, 15) is 4.79 Å². The molecule has 0 aromatic rings. The predicted octanol–water partition coefficient (Wildman–Crippen LogP) is -0.210. The fraction of sp³-hybridized carbons (Fsp3) is 0.500. The van der Waals surface area contributed by atoms with Crippen LogP contribution in [-0.2, 0) is 4.79 Å². The highest BCUT2D eigenvalue weighted by atomic mass is 32.1. The maximum absolute atomic E-state index is 10.4. The van der Waals surface area contributed by atoms with Crippen molar-refractivity contribution in [2.45, 2.75) is 11.9 Å². The lowest BCUT2D eigenvalue weighted by Gasteiger charge is -2.10. The Labute approximate surface area is 52.6 Å². The fourth-order valence-electron chi connectivity index (χ4n) is 0.476. The molecule has 44 valence electrons. The van der Waals surface area contributed by atoms with Crippen molar-refractivity contribution >= 4 is 24.8 Å². The monoisotopic (exact) mass is 130 g/mol. The van der Waals surface area contributed by atoms with E-state index in [4.69, 9.17) is 0 Å². The van der Waals surface area contributed by atoms with E-state index in [-0.39, 0.29) is 11.4 Å². The number of thiol groups is 1. The van der Waals surface area contributed by atoms with Gasteiger partial charge in [0.05, 0.1) is 6.42 Å². The second-order valence-electron chi connectivity index (χ2n) is 1.48. The molecule has 3 nitrogen and oxygen atoms in total. The highest BCUT2D eigenvalue weighted by molar-refractivity contribution is 7.80. The molecule has 0 aliphatic carbocycles. The van der Waals surface area contributed by atoms with Crippen molar-refractivity contribution in [2.75, 3.05) is 0 Å². The van der Waals surface area contributed by atoms with Gasteiger partial charge in [-0.05, 0) is 0 Å². The topological polar surface area (TPSA) is 41.5 Å². The Kier molecular flexibility index (Phi) is 1.53. The van der Waals surface area contributed by atoms with E-state index in [0.29, 0.717) is 6.42 Å². The number of carbonyl (C=O) groups is 1. The van der Waals surface area contributed by atoms with E-state index in [1.807, 2.05) is 0 Å². The second-order valence-corrected chi connectivity index (χ2v) is 1.97. The average molecular weight is 130 g/mol. The van der Waals surface area contributed by atoms with Crippen LogP contribution in [0.15, 0.2) is 4.99 Å². The van der Waals surface area contributed by atoms with Crippen LogP contribution in [0.25, 0.3) is 0 Å². The molecule has 4 heteroatoms. The van der Waals surface area contributed by atoms with E-state index in [0.717, 1.165) is 0 Å². The maximum Gasteiger partial charge on any atom is 0.227 e. The summed E-state index contributed by atoms with van der Waals surface area (Å²) in [5, 5.41) is 2.51. The zero-order chi connectivity index (χ0) is 5.98. The summed E-state index contributed by atoms with van der Waals surface area (Å²) in [6, 6.07) is 0. The van der Waals surface area contributed by atoms with Gasteiger partial charge < -0.3 is 5.32 Å². The van der Waals surface area contributed by atoms with Crippen molar-refractivity contribution in [1.82, 2.24) is 5.32 Å². The Morgan fingerprint density at radius 1 is 2.00 bits per heavy atom. The molecule has 1 amide bonds. The summed E-state index contributed by atoms with van der Waals surface area (Å²) in [5.74, 6) is -0.0139. The zero-order valence-corrected chi connectivity index (χ0v) is 5.06. The smallest absolute Gasteiger partial charge is 0.227 e. The Hall–Kier alpha value is -0.510. The number of amides is 1. The standard InChI is InChI=1S/C4H6N2OS/c7-3-1-2-5-4(8)6-3/h2,4,8H,1H2,(H,6,7). The summed E-state index contributed by atoms with van der Waals surface area (Å²) in [6.07, 6.45) is 1.95. The van der Waals surface area contributed by atoms with Gasteiger partial charge in [0.15, 0.2) is 5.50 Å². The van der Waals surface area contributed by atoms with Crippen LogP contribution in [0.2, 0.25) is 0 Å². The van der Waals surface area contributed by atoms with Crippen LogP contribution in [0.3, 0.4) is 0 Å². The van der Waals surface area contributed by atoms with E-state index in [2.05, 4.69) is 22.9 Å². The Bertz CT molecular complexity index is 134. The molecule has 0 fully saturated rings. The zero-order valence-electron chi connectivity index (χ0n) is 4.16. The quantitative estimate of drug-likeness (QED) is 0.438. The molecule has 1 unspecified atom stereocenters. The van der Waals surface area contributed by atoms with E-state index in [1.165, 1.54) is 0 Å². The third-order valence-corrected chi connectivity index (χ3v) is 1.08. The molecule has 0 saturated carbocycles. The van der Waals surface area contributed by atoms with Crippen molar-refractivity contribution in [3.05, 3.63) is 0 Å². The van der Waals surface area contributed by atoms with Crippen LogP contribution in [0.4, 0.5) is 0 Å². The number of carbonyl (C=O) groups excluding carboxylic acids is 1. The SMILES string of the molecule is O=C1CC=NC(S)N1. The number of aliphatic imine (C=N–C) groups is 1. The molecular formula is C4H6N2OS. The lowest BCUT2D eigenvalue weighted by atomic mass is 10.4. The molecule has 0 spiro atoms. The molecule has 8 heavy (non-hydrogen) atoms. The molecular weight excluding hydrogens is 124 g/mol. The molecule has 1 aliphatic rings. The molecule has 0 bridgehead atoms. The highest BCUT2D eigenvalue weighted by Crippen LogP contribution is 1.96. The van der Waals surface area contributed by atoms with Gasteiger partial charge >= 0.3 is 0 Å². The maximum atomic E-state index is 10.4. The van der Waals surface area contributed by atoms with Crippen LogP contribution >= 0.6 is 12.6 Å². The van der Waals surface area contributed by atoms with Gasteiger partial charge in [-0.15, -0.1) is 12.6 Å². The molecule has 0 aromatic carbocycles. The number of rotatable bonds is 0. The molecule has 1 heterocycles. The Morgan fingerprint density at radius 2 is 2.75 bits per heavy atom. The molecule has 1 N–H and O–H groups in total. The van der Waals surface area contributed by atoms with Gasteiger partial charge in [-0.25, -0.2) is 0 Å². The second kappa shape index (κ2) is 2.17. The van der Waals surface area contributed by atoms with Crippen LogP contribution in [-0.4, -0.2) is 17.6 Å². The molecule has 0 aromatic heterocycles. The lowest BCUT2D eigenvalue weighted by molar-refractivity contribution is -0.120. The van der Waals surface area contributed by atoms with Crippen molar-refractivity contribution in [2.24, 2.45) is 4.99 Å². The normalized spacial score (nSPS) is 27.6. The van der Waals surface area contributed by atoms with Crippen molar-refractivity contribution in [3.8, 4) is 0 Å². The number of nitrogens with one attached hydrogen (secondary N) is 1. The van der Waals surface area contributed by atoms with Crippen molar-refractivity contribution in [1.29, 1.82) is 0 Å². The van der Waals surface area contributed by atoms with Crippen molar-refractivity contribution < 1.29 is 4.79 Å². The third kappa shape index (κ3) is 1.23. The van der Waals surface area contributed by atoms with E-state index < -0.39 is 0 Å². The summed E-state index contributed by atoms with van der Waals surface area (Å²) in [7, 11) is 0. The minimum Gasteiger partial charge on any atom is -0.326 e. The third-order valence-electron chi connectivity index (χ3n) is 0.813. The van der Waals surface area contributed by atoms with Crippen LogP contribution in [0.1, 0.15) is 6.42 Å². The largest absolute Gasteiger partial charge is 0.326 e. The summed E-state index contributed by atoms with van der Waals surface area (Å²) in [4.78, 5) is 14.2. The van der Waals surface area contributed by atoms with E-state index >= 15 is 0 Å². The fourth-order valence-corrected chi connectivity index (χ4v) is 0.714. The summed E-state index contributed by atoms with van der Waals surface area (Å²) >= 11 is 3.89. The van der Waals surface area contributed by atoms with Gasteiger partial charge in [-0.1, -0.05) is 0 Å². The first-order chi connectivity index (χ1) is 3.79. The Morgan fingerprint density at radius 3 is 3.12 bits per heavy atom. The average Bonchev–Trinajstić information content (AvgIpc) is 1.64. The highest BCUT2D eigenvalue weighted by Gasteiger charge is 2.07. The summed E-state index contributed by atoms with van der Waals surface area (Å²) < 4.78 is 0. The minimum absolute atomic E-state index is 0.0139. The van der Waals surface area contributed by atoms with E-state index in [1.54, 1.807) is 6.21 Å². The van der Waals surface area contributed by atoms with Gasteiger partial charge in [0.25, 0.3) is 0 Å². The number of nitrogens with zero attached hydrogens (tertiary/aromatic N) is 1. The van der Waals surface area contributed by atoms with Gasteiger partial charge in [0.1, 0.15) is 0 Å². The first-order valence-corrected chi connectivity index (χ1v) is 2.80.